The van der Waals surface area contributed by atoms with Crippen LogP contribution in [0.25, 0.3) is 0 Å². The maximum absolute atomic E-state index is 12.2. The molecule has 0 spiro atoms. The van der Waals surface area contributed by atoms with Crippen LogP contribution < -0.4 is 0 Å². The van der Waals surface area contributed by atoms with Gasteiger partial charge in [0.1, 0.15) is 0 Å². The molecule has 0 bridgehead atoms. The summed E-state index contributed by atoms with van der Waals surface area (Å²) in [7, 11) is 0. The zero-order chi connectivity index (χ0) is 11.7. The van der Waals surface area contributed by atoms with Crippen molar-refractivity contribution in [3.8, 4) is 0 Å². The zero-order valence-electron chi connectivity index (χ0n) is 9.62. The van der Waals surface area contributed by atoms with Crippen LogP contribution in [0.15, 0.2) is 6.07 Å². The van der Waals surface area contributed by atoms with Gasteiger partial charge in [0, 0.05) is 22.8 Å². The quantitative estimate of drug-likeness (QED) is 0.728. The molecule has 16 heavy (non-hydrogen) atoms. The molecule has 2 rings (SSSR count). The number of nitrogens with zero attached hydrogens (tertiary/aromatic N) is 1. The van der Waals surface area contributed by atoms with Crippen LogP contribution in [0.4, 0.5) is 0 Å². The molecule has 1 aliphatic heterocycles. The first-order valence-corrected chi connectivity index (χ1v) is 7.31. The minimum Gasteiger partial charge on any atom is -0.338 e. The number of aryl methyl sites for hydroxylation is 2. The van der Waals surface area contributed by atoms with Gasteiger partial charge >= 0.3 is 0 Å². The second-order valence-electron chi connectivity index (χ2n) is 4.32. The van der Waals surface area contributed by atoms with E-state index in [1.54, 1.807) is 11.3 Å². The van der Waals surface area contributed by atoms with E-state index in [-0.39, 0.29) is 5.91 Å². The second-order valence-corrected chi connectivity index (χ2v) is 6.87. The number of alkyl halides is 1. The molecule has 4 heteroatoms. The molecule has 1 aromatic heterocycles. The fraction of sp³-hybridized carbons (Fsp3) is 0.583. The largest absolute Gasteiger partial charge is 0.338 e. The average molecular weight is 302 g/mol. The summed E-state index contributed by atoms with van der Waals surface area (Å²) in [4.78, 5) is 16.9. The van der Waals surface area contributed by atoms with Crippen molar-refractivity contribution in [2.75, 3.05) is 13.1 Å². The van der Waals surface area contributed by atoms with Crippen LogP contribution in [0.5, 0.6) is 0 Å². The van der Waals surface area contributed by atoms with Gasteiger partial charge in [-0.05, 0) is 38.3 Å². The van der Waals surface area contributed by atoms with Crippen molar-refractivity contribution in [2.24, 2.45) is 0 Å². The second kappa shape index (κ2) is 4.88. The summed E-state index contributed by atoms with van der Waals surface area (Å²) in [6.07, 6.45) is 2.13. The SMILES string of the molecule is Cc1cc(C(=O)N2CCC(Br)CC2)sc1C. The maximum Gasteiger partial charge on any atom is 0.263 e. The first-order valence-electron chi connectivity index (χ1n) is 5.58. The smallest absolute Gasteiger partial charge is 0.263 e. The lowest BCUT2D eigenvalue weighted by atomic mass is 10.1. The van der Waals surface area contributed by atoms with Crippen LogP contribution in [0.3, 0.4) is 0 Å². The molecule has 1 amide bonds. The molecule has 0 unspecified atom stereocenters. The Kier molecular flexibility index (Phi) is 3.70. The third kappa shape index (κ3) is 2.48. The molecule has 0 atom stereocenters. The summed E-state index contributed by atoms with van der Waals surface area (Å²) in [5, 5.41) is 0. The maximum atomic E-state index is 12.2. The normalized spacial score (nSPS) is 17.8. The number of hydrogen-bond donors (Lipinski definition) is 0. The van der Waals surface area contributed by atoms with Crippen LogP contribution in [0.1, 0.15) is 33.0 Å². The van der Waals surface area contributed by atoms with E-state index in [1.807, 2.05) is 11.0 Å². The van der Waals surface area contributed by atoms with Crippen molar-refractivity contribution >= 4 is 33.2 Å². The highest BCUT2D eigenvalue weighted by molar-refractivity contribution is 9.09. The number of carbonyl (C=O) groups is 1. The molecular weight excluding hydrogens is 286 g/mol. The molecule has 0 aromatic carbocycles. The molecule has 1 aromatic rings. The lowest BCUT2D eigenvalue weighted by Gasteiger charge is -2.29. The Balaban J connectivity index is 2.07. The van der Waals surface area contributed by atoms with Crippen molar-refractivity contribution < 1.29 is 4.79 Å². The number of amides is 1. The van der Waals surface area contributed by atoms with E-state index in [0.717, 1.165) is 30.8 Å². The summed E-state index contributed by atoms with van der Waals surface area (Å²) in [6, 6.07) is 2.02. The summed E-state index contributed by atoms with van der Waals surface area (Å²) >= 11 is 5.22. The van der Waals surface area contributed by atoms with Gasteiger partial charge in [0.25, 0.3) is 5.91 Å². The van der Waals surface area contributed by atoms with Gasteiger partial charge in [0.2, 0.25) is 0 Å². The Labute approximate surface area is 109 Å². The predicted molar refractivity (Wildman–Crippen MR) is 71.6 cm³/mol. The van der Waals surface area contributed by atoms with Crippen molar-refractivity contribution in [3.05, 3.63) is 21.4 Å². The van der Waals surface area contributed by atoms with Gasteiger partial charge in [-0.25, -0.2) is 0 Å². The molecule has 0 saturated carbocycles. The van der Waals surface area contributed by atoms with E-state index in [4.69, 9.17) is 0 Å². The van der Waals surface area contributed by atoms with Crippen LogP contribution in [-0.4, -0.2) is 28.7 Å². The number of likely N-dealkylation sites (tertiary alicyclic amines) is 1. The van der Waals surface area contributed by atoms with Crippen LogP contribution >= 0.6 is 27.3 Å². The third-order valence-electron chi connectivity index (χ3n) is 3.09. The van der Waals surface area contributed by atoms with Crippen LogP contribution in [0, 0.1) is 13.8 Å². The Morgan fingerprint density at radius 2 is 2.06 bits per heavy atom. The molecular formula is C12H16BrNOS. The molecule has 0 radical (unpaired) electrons. The van der Waals surface area contributed by atoms with Gasteiger partial charge in [-0.15, -0.1) is 11.3 Å². The van der Waals surface area contributed by atoms with Crippen LogP contribution in [0.2, 0.25) is 0 Å². The van der Waals surface area contributed by atoms with Gasteiger partial charge in [-0.2, -0.15) is 0 Å². The minimum atomic E-state index is 0.209. The summed E-state index contributed by atoms with van der Waals surface area (Å²) in [5.41, 5.74) is 1.23. The first-order chi connectivity index (χ1) is 7.58. The van der Waals surface area contributed by atoms with E-state index >= 15 is 0 Å². The Morgan fingerprint density at radius 3 is 2.56 bits per heavy atom. The Bertz CT molecular complexity index is 374. The fourth-order valence-electron chi connectivity index (χ4n) is 1.89. The molecule has 0 aliphatic carbocycles. The number of hydrogen-bond acceptors (Lipinski definition) is 2. The average Bonchev–Trinajstić information content (AvgIpc) is 2.59. The molecule has 2 heterocycles. The molecule has 1 aliphatic rings. The molecule has 2 nitrogen and oxygen atoms in total. The first kappa shape index (κ1) is 12.1. The van der Waals surface area contributed by atoms with E-state index in [2.05, 4.69) is 29.8 Å². The zero-order valence-corrected chi connectivity index (χ0v) is 12.0. The standard InChI is InChI=1S/C12H16BrNOS/c1-8-7-11(16-9(8)2)12(15)14-5-3-10(13)4-6-14/h7,10H,3-6H2,1-2H3. The van der Waals surface area contributed by atoms with Gasteiger partial charge < -0.3 is 4.90 Å². The van der Waals surface area contributed by atoms with Gasteiger partial charge in [-0.1, -0.05) is 15.9 Å². The minimum absolute atomic E-state index is 0.209. The highest BCUT2D eigenvalue weighted by Crippen LogP contribution is 2.24. The Hall–Kier alpha value is -0.350. The van der Waals surface area contributed by atoms with Crippen molar-refractivity contribution in [3.63, 3.8) is 0 Å². The van der Waals surface area contributed by atoms with E-state index in [0.29, 0.717) is 4.83 Å². The van der Waals surface area contributed by atoms with Gasteiger partial charge in [-0.3, -0.25) is 4.79 Å². The van der Waals surface area contributed by atoms with E-state index in [9.17, 15) is 4.79 Å². The van der Waals surface area contributed by atoms with E-state index in [1.165, 1.54) is 10.4 Å². The lowest BCUT2D eigenvalue weighted by molar-refractivity contribution is 0.0733. The van der Waals surface area contributed by atoms with Crippen LogP contribution in [-0.2, 0) is 0 Å². The summed E-state index contributed by atoms with van der Waals surface area (Å²) in [6.45, 7) is 5.89. The van der Waals surface area contributed by atoms with E-state index < -0.39 is 0 Å². The fourth-order valence-corrected chi connectivity index (χ4v) is 3.30. The number of halogens is 1. The molecule has 1 fully saturated rings. The molecule has 0 N–H and O–H groups in total. The summed E-state index contributed by atoms with van der Waals surface area (Å²) in [5.74, 6) is 0.209. The third-order valence-corrected chi connectivity index (χ3v) is 5.14. The van der Waals surface area contributed by atoms with Gasteiger partial charge in [0.15, 0.2) is 0 Å². The van der Waals surface area contributed by atoms with Crippen molar-refractivity contribution in [1.29, 1.82) is 0 Å². The lowest BCUT2D eigenvalue weighted by Crippen LogP contribution is -2.38. The van der Waals surface area contributed by atoms with Gasteiger partial charge in [0.05, 0.1) is 4.88 Å². The van der Waals surface area contributed by atoms with Crippen molar-refractivity contribution in [1.82, 2.24) is 4.90 Å². The van der Waals surface area contributed by atoms with Crippen molar-refractivity contribution in [2.45, 2.75) is 31.5 Å². The number of piperidine rings is 1. The number of rotatable bonds is 1. The summed E-state index contributed by atoms with van der Waals surface area (Å²) < 4.78 is 0. The number of thiophene rings is 1. The molecule has 88 valence electrons. The monoisotopic (exact) mass is 301 g/mol. The Morgan fingerprint density at radius 1 is 1.44 bits per heavy atom. The molecule has 1 saturated heterocycles. The topological polar surface area (TPSA) is 20.3 Å². The predicted octanol–water partition coefficient (Wildman–Crippen LogP) is 3.36. The number of carbonyl (C=O) groups excluding carboxylic acids is 1. The highest BCUT2D eigenvalue weighted by Gasteiger charge is 2.23. The highest BCUT2D eigenvalue weighted by atomic mass is 79.9.